The number of carbonyl (C=O) groups is 1. The molecule has 0 atom stereocenters. The topological polar surface area (TPSA) is 35.5 Å². The highest BCUT2D eigenvalue weighted by Gasteiger charge is 2.18. The molecule has 100 valence electrons. The van der Waals surface area contributed by atoms with Crippen LogP contribution in [0.1, 0.15) is 28.8 Å². The van der Waals surface area contributed by atoms with Gasteiger partial charge in [-0.2, -0.15) is 0 Å². The molecule has 0 N–H and O–H groups in total. The Kier molecular flexibility index (Phi) is 2.52. The van der Waals surface area contributed by atoms with Gasteiger partial charge < -0.3 is 9.47 Å². The quantitative estimate of drug-likeness (QED) is 0.791. The maximum atomic E-state index is 12.0. The van der Waals surface area contributed by atoms with Crippen molar-refractivity contribution in [2.24, 2.45) is 0 Å². The molecule has 0 aromatic heterocycles. The van der Waals surface area contributed by atoms with E-state index in [1.54, 1.807) is 0 Å². The van der Waals surface area contributed by atoms with Crippen LogP contribution in [0.2, 0.25) is 0 Å². The van der Waals surface area contributed by atoms with Gasteiger partial charge in [0.2, 0.25) is 6.79 Å². The van der Waals surface area contributed by atoms with Crippen LogP contribution in [0.25, 0.3) is 11.1 Å². The maximum Gasteiger partial charge on any atom is 0.231 e. The molecular weight excluding hydrogens is 252 g/mol. The summed E-state index contributed by atoms with van der Waals surface area (Å²) in [5.41, 5.74) is 4.16. The van der Waals surface area contributed by atoms with Crippen molar-refractivity contribution in [1.29, 1.82) is 0 Å². The maximum absolute atomic E-state index is 12.0. The number of hydrogen-bond donors (Lipinski definition) is 0. The van der Waals surface area contributed by atoms with Crippen molar-refractivity contribution in [3.05, 3.63) is 47.5 Å². The Morgan fingerprint density at radius 3 is 2.60 bits per heavy atom. The third kappa shape index (κ3) is 1.78. The molecule has 2 aromatic carbocycles. The molecule has 2 aliphatic rings. The molecule has 20 heavy (non-hydrogen) atoms. The third-order valence-corrected chi connectivity index (χ3v) is 3.97. The lowest BCUT2D eigenvalue weighted by Crippen LogP contribution is -2.10. The summed E-state index contributed by atoms with van der Waals surface area (Å²) in [5, 5.41) is 0. The van der Waals surface area contributed by atoms with Gasteiger partial charge in [-0.1, -0.05) is 18.2 Å². The first-order valence-electron chi connectivity index (χ1n) is 6.87. The summed E-state index contributed by atoms with van der Waals surface area (Å²) < 4.78 is 10.7. The number of ether oxygens (including phenoxy) is 2. The first-order valence-corrected chi connectivity index (χ1v) is 6.87. The van der Waals surface area contributed by atoms with E-state index in [0.29, 0.717) is 6.42 Å². The van der Waals surface area contributed by atoms with Gasteiger partial charge in [0.05, 0.1) is 0 Å². The fourth-order valence-electron chi connectivity index (χ4n) is 2.88. The smallest absolute Gasteiger partial charge is 0.231 e. The molecule has 0 unspecified atom stereocenters. The molecule has 0 fully saturated rings. The van der Waals surface area contributed by atoms with Crippen LogP contribution in [-0.2, 0) is 6.42 Å². The van der Waals surface area contributed by atoms with Crippen molar-refractivity contribution in [2.75, 3.05) is 6.79 Å². The third-order valence-electron chi connectivity index (χ3n) is 3.97. The molecule has 0 saturated carbocycles. The second kappa shape index (κ2) is 4.37. The van der Waals surface area contributed by atoms with Gasteiger partial charge in [0, 0.05) is 12.0 Å². The minimum atomic E-state index is 0.258. The van der Waals surface area contributed by atoms with Gasteiger partial charge in [0.15, 0.2) is 17.3 Å². The Morgan fingerprint density at radius 1 is 0.850 bits per heavy atom. The Morgan fingerprint density at radius 2 is 1.65 bits per heavy atom. The summed E-state index contributed by atoms with van der Waals surface area (Å²) in [4.78, 5) is 12.0. The Hall–Kier alpha value is -2.29. The fraction of sp³-hybridized carbons (Fsp3) is 0.235. The second-order valence-electron chi connectivity index (χ2n) is 5.22. The standard InChI is InChI=1S/C17H14O3/c18-15-3-1-2-11-4-5-12(8-14(11)15)13-6-7-16-17(9-13)20-10-19-16/h4-9H,1-3,10H2. The minimum Gasteiger partial charge on any atom is -0.454 e. The highest BCUT2D eigenvalue weighted by molar-refractivity contribution is 5.99. The Balaban J connectivity index is 1.79. The van der Waals surface area contributed by atoms with Gasteiger partial charge in [-0.3, -0.25) is 4.79 Å². The summed E-state index contributed by atoms with van der Waals surface area (Å²) in [7, 11) is 0. The number of rotatable bonds is 1. The van der Waals surface area contributed by atoms with Crippen LogP contribution >= 0.6 is 0 Å². The predicted molar refractivity (Wildman–Crippen MR) is 75.3 cm³/mol. The van der Waals surface area contributed by atoms with Crippen molar-refractivity contribution < 1.29 is 14.3 Å². The molecule has 0 saturated heterocycles. The number of aryl methyl sites for hydroxylation is 1. The lowest BCUT2D eigenvalue weighted by molar-refractivity contribution is 0.0972. The summed E-state index contributed by atoms with van der Waals surface area (Å²) in [6.07, 6.45) is 2.63. The Bertz CT molecular complexity index is 703. The van der Waals surface area contributed by atoms with Crippen LogP contribution in [0.3, 0.4) is 0 Å². The number of hydrogen-bond acceptors (Lipinski definition) is 3. The van der Waals surface area contributed by atoms with Crippen LogP contribution in [0.4, 0.5) is 0 Å². The van der Waals surface area contributed by atoms with Crippen molar-refractivity contribution in [3.63, 3.8) is 0 Å². The number of Topliss-reactive ketones (excluding diaryl/α,β-unsaturated/α-hetero) is 1. The van der Waals surface area contributed by atoms with E-state index in [1.807, 2.05) is 24.3 Å². The lowest BCUT2D eigenvalue weighted by Gasteiger charge is -2.15. The molecule has 0 spiro atoms. The second-order valence-corrected chi connectivity index (χ2v) is 5.22. The number of fused-ring (bicyclic) bond motifs is 2. The zero-order valence-electron chi connectivity index (χ0n) is 11.0. The van der Waals surface area contributed by atoms with Crippen LogP contribution < -0.4 is 9.47 Å². The Labute approximate surface area is 117 Å². The first kappa shape index (κ1) is 11.5. The molecule has 0 radical (unpaired) electrons. The molecule has 0 amide bonds. The average Bonchev–Trinajstić information content (AvgIpc) is 2.95. The number of carbonyl (C=O) groups excluding carboxylic acids is 1. The van der Waals surface area contributed by atoms with Crippen molar-refractivity contribution in [3.8, 4) is 22.6 Å². The number of ketones is 1. The fourth-order valence-corrected chi connectivity index (χ4v) is 2.88. The zero-order chi connectivity index (χ0) is 13.5. The molecule has 3 heteroatoms. The molecule has 1 aliphatic heterocycles. The van der Waals surface area contributed by atoms with E-state index in [0.717, 1.165) is 41.0 Å². The largest absolute Gasteiger partial charge is 0.454 e. The summed E-state index contributed by atoms with van der Waals surface area (Å²) >= 11 is 0. The van der Waals surface area contributed by atoms with Crippen molar-refractivity contribution in [1.82, 2.24) is 0 Å². The molecule has 4 rings (SSSR count). The van der Waals surface area contributed by atoms with E-state index < -0.39 is 0 Å². The average molecular weight is 266 g/mol. The zero-order valence-corrected chi connectivity index (χ0v) is 11.0. The van der Waals surface area contributed by atoms with Crippen LogP contribution in [-0.4, -0.2) is 12.6 Å². The summed E-state index contributed by atoms with van der Waals surface area (Å²) in [6.45, 7) is 0.279. The van der Waals surface area contributed by atoms with E-state index in [2.05, 4.69) is 12.1 Å². The highest BCUT2D eigenvalue weighted by Crippen LogP contribution is 2.36. The van der Waals surface area contributed by atoms with Crippen molar-refractivity contribution in [2.45, 2.75) is 19.3 Å². The van der Waals surface area contributed by atoms with Crippen molar-refractivity contribution >= 4 is 5.78 Å². The molecule has 1 heterocycles. The van der Waals surface area contributed by atoms with Gasteiger partial charge in [-0.15, -0.1) is 0 Å². The molecule has 1 aliphatic carbocycles. The van der Waals surface area contributed by atoms with E-state index in [1.165, 1.54) is 5.56 Å². The molecule has 2 aromatic rings. The van der Waals surface area contributed by atoms with Gasteiger partial charge in [-0.05, 0) is 47.7 Å². The van der Waals surface area contributed by atoms with Crippen LogP contribution in [0.15, 0.2) is 36.4 Å². The van der Waals surface area contributed by atoms with Crippen LogP contribution in [0.5, 0.6) is 11.5 Å². The summed E-state index contributed by atoms with van der Waals surface area (Å²) in [6, 6.07) is 12.1. The SMILES string of the molecule is O=C1CCCc2ccc(-c3ccc4c(c3)OCO4)cc21. The predicted octanol–water partition coefficient (Wildman–Crippen LogP) is 3.60. The van der Waals surface area contributed by atoms with E-state index >= 15 is 0 Å². The highest BCUT2D eigenvalue weighted by atomic mass is 16.7. The lowest BCUT2D eigenvalue weighted by atomic mass is 9.88. The van der Waals surface area contributed by atoms with E-state index in [-0.39, 0.29) is 12.6 Å². The number of benzene rings is 2. The van der Waals surface area contributed by atoms with E-state index in [4.69, 9.17) is 9.47 Å². The van der Waals surface area contributed by atoms with Gasteiger partial charge in [0.1, 0.15) is 0 Å². The van der Waals surface area contributed by atoms with E-state index in [9.17, 15) is 4.79 Å². The first-order chi connectivity index (χ1) is 9.81. The van der Waals surface area contributed by atoms with Gasteiger partial charge >= 0.3 is 0 Å². The van der Waals surface area contributed by atoms with Crippen LogP contribution in [0, 0.1) is 0 Å². The molecule has 0 bridgehead atoms. The minimum absolute atomic E-state index is 0.258. The molecule has 3 nitrogen and oxygen atoms in total. The normalized spacial score (nSPS) is 16.1. The molecular formula is C17H14O3. The van der Waals surface area contributed by atoms with Gasteiger partial charge in [0.25, 0.3) is 0 Å². The van der Waals surface area contributed by atoms with Gasteiger partial charge in [-0.25, -0.2) is 0 Å². The monoisotopic (exact) mass is 266 g/mol. The summed E-state index contributed by atoms with van der Waals surface area (Å²) in [5.74, 6) is 1.81.